The molecule has 0 saturated carbocycles. The molecule has 0 radical (unpaired) electrons. The minimum Gasteiger partial charge on any atom is -0.461 e. The van der Waals surface area contributed by atoms with Gasteiger partial charge in [0.1, 0.15) is 5.82 Å². The zero-order valence-electron chi connectivity index (χ0n) is 11.4. The van der Waals surface area contributed by atoms with E-state index in [1.165, 1.54) is 12.1 Å². The predicted molar refractivity (Wildman–Crippen MR) is 82.0 cm³/mol. The van der Waals surface area contributed by atoms with Crippen LogP contribution < -0.4 is 10.1 Å². The quantitative estimate of drug-likeness (QED) is 0.861. The van der Waals surface area contributed by atoms with Gasteiger partial charge in [-0.3, -0.25) is 0 Å². The summed E-state index contributed by atoms with van der Waals surface area (Å²) in [7, 11) is 0. The highest BCUT2D eigenvalue weighted by atomic mass is 79.9. The molecular weight excluding hydrogens is 363 g/mol. The zero-order valence-corrected chi connectivity index (χ0v) is 13.7. The van der Waals surface area contributed by atoms with Gasteiger partial charge in [0.05, 0.1) is 6.10 Å². The Balaban J connectivity index is 2.12. The lowest BCUT2D eigenvalue weighted by Crippen LogP contribution is -2.11. The van der Waals surface area contributed by atoms with Crippen LogP contribution in [0.15, 0.2) is 22.7 Å². The molecule has 0 aliphatic carbocycles. The summed E-state index contributed by atoms with van der Waals surface area (Å²) in [5.41, 5.74) is 0.734. The summed E-state index contributed by atoms with van der Waals surface area (Å²) in [6, 6.07) is 4.58. The third-order valence-electron chi connectivity index (χ3n) is 2.37. The van der Waals surface area contributed by atoms with Crippen molar-refractivity contribution in [1.82, 2.24) is 15.0 Å². The van der Waals surface area contributed by atoms with Gasteiger partial charge in [0, 0.05) is 11.0 Å². The normalized spacial score (nSPS) is 10.8. The van der Waals surface area contributed by atoms with Crippen LogP contribution in [0.25, 0.3) is 0 Å². The molecule has 0 atom stereocenters. The van der Waals surface area contributed by atoms with Crippen LogP contribution in [-0.2, 0) is 6.54 Å². The maximum atomic E-state index is 13.2. The number of anilines is 1. The summed E-state index contributed by atoms with van der Waals surface area (Å²) in [5, 5.41) is 2.99. The highest BCUT2D eigenvalue weighted by Crippen LogP contribution is 2.19. The lowest BCUT2D eigenvalue weighted by molar-refractivity contribution is 0.222. The van der Waals surface area contributed by atoms with E-state index in [2.05, 4.69) is 36.2 Å². The first kappa shape index (κ1) is 15.9. The second kappa shape index (κ2) is 7.00. The first-order chi connectivity index (χ1) is 9.94. The van der Waals surface area contributed by atoms with Gasteiger partial charge in [-0.2, -0.15) is 15.0 Å². The molecule has 0 amide bonds. The Morgan fingerprint density at radius 2 is 2.10 bits per heavy atom. The van der Waals surface area contributed by atoms with Gasteiger partial charge in [-0.15, -0.1) is 0 Å². The number of hydrogen-bond acceptors (Lipinski definition) is 5. The summed E-state index contributed by atoms with van der Waals surface area (Å²) in [5.74, 6) is -0.0469. The molecular formula is C13H13BrClFN4O. The summed E-state index contributed by atoms with van der Waals surface area (Å²) in [6.07, 6.45) is -0.0753. The molecule has 21 heavy (non-hydrogen) atoms. The van der Waals surface area contributed by atoms with Crippen LogP contribution in [0, 0.1) is 5.82 Å². The molecule has 1 N–H and O–H groups in total. The van der Waals surface area contributed by atoms with Crippen molar-refractivity contribution in [3.8, 4) is 6.01 Å². The van der Waals surface area contributed by atoms with Gasteiger partial charge in [-0.25, -0.2) is 4.39 Å². The smallest absolute Gasteiger partial charge is 0.322 e. The topological polar surface area (TPSA) is 59.9 Å². The van der Waals surface area contributed by atoms with Crippen LogP contribution in [0.3, 0.4) is 0 Å². The van der Waals surface area contributed by atoms with Gasteiger partial charge in [-0.05, 0) is 49.2 Å². The molecule has 1 aromatic carbocycles. The number of nitrogens with zero attached hydrogens (tertiary/aromatic N) is 3. The summed E-state index contributed by atoms with van der Waals surface area (Å²) >= 11 is 9.18. The number of rotatable bonds is 5. The van der Waals surface area contributed by atoms with Crippen molar-refractivity contribution in [3.05, 3.63) is 39.3 Å². The Hall–Kier alpha value is -1.47. The Kier molecular flexibility index (Phi) is 5.30. The van der Waals surface area contributed by atoms with Crippen molar-refractivity contribution < 1.29 is 9.13 Å². The molecule has 0 saturated heterocycles. The Bertz CT molecular complexity index is 642. The van der Waals surface area contributed by atoms with E-state index in [1.54, 1.807) is 6.07 Å². The maximum absolute atomic E-state index is 13.2. The first-order valence-corrected chi connectivity index (χ1v) is 7.37. The minimum atomic E-state index is -0.312. The van der Waals surface area contributed by atoms with Gasteiger partial charge in [0.25, 0.3) is 0 Å². The van der Waals surface area contributed by atoms with Gasteiger partial charge >= 0.3 is 6.01 Å². The zero-order chi connectivity index (χ0) is 15.4. The lowest BCUT2D eigenvalue weighted by atomic mass is 10.2. The van der Waals surface area contributed by atoms with Crippen LogP contribution >= 0.6 is 27.5 Å². The van der Waals surface area contributed by atoms with E-state index in [-0.39, 0.29) is 29.2 Å². The van der Waals surface area contributed by atoms with Crippen molar-refractivity contribution in [2.45, 2.75) is 26.5 Å². The first-order valence-electron chi connectivity index (χ1n) is 6.20. The summed E-state index contributed by atoms with van der Waals surface area (Å²) in [6.45, 7) is 4.04. The van der Waals surface area contributed by atoms with E-state index in [0.29, 0.717) is 6.54 Å². The molecule has 0 aliphatic rings. The van der Waals surface area contributed by atoms with E-state index in [4.69, 9.17) is 16.3 Å². The van der Waals surface area contributed by atoms with E-state index in [9.17, 15) is 4.39 Å². The van der Waals surface area contributed by atoms with Crippen LogP contribution in [0.4, 0.5) is 10.3 Å². The summed E-state index contributed by atoms with van der Waals surface area (Å²) in [4.78, 5) is 11.9. The van der Waals surface area contributed by atoms with Gasteiger partial charge < -0.3 is 10.1 Å². The van der Waals surface area contributed by atoms with Crippen molar-refractivity contribution in [2.24, 2.45) is 0 Å². The second-order valence-corrected chi connectivity index (χ2v) is 5.66. The second-order valence-electron chi connectivity index (χ2n) is 4.47. The fraction of sp³-hybridized carbons (Fsp3) is 0.308. The number of nitrogens with one attached hydrogen (secondary N) is 1. The van der Waals surface area contributed by atoms with Crippen molar-refractivity contribution in [2.75, 3.05) is 5.32 Å². The monoisotopic (exact) mass is 374 g/mol. The molecule has 0 spiro atoms. The van der Waals surface area contributed by atoms with Crippen molar-refractivity contribution in [1.29, 1.82) is 0 Å². The highest BCUT2D eigenvalue weighted by molar-refractivity contribution is 9.10. The number of halogens is 3. The third-order valence-corrected chi connectivity index (χ3v) is 3.32. The third kappa shape index (κ3) is 4.78. The number of benzene rings is 1. The molecule has 8 heteroatoms. The molecule has 0 bridgehead atoms. The molecule has 2 rings (SSSR count). The maximum Gasteiger partial charge on any atom is 0.322 e. The fourth-order valence-corrected chi connectivity index (χ4v) is 2.07. The highest BCUT2D eigenvalue weighted by Gasteiger charge is 2.08. The number of ether oxygens (including phenoxy) is 1. The Morgan fingerprint density at radius 1 is 1.33 bits per heavy atom. The van der Waals surface area contributed by atoms with Gasteiger partial charge in [0.15, 0.2) is 0 Å². The van der Waals surface area contributed by atoms with Crippen molar-refractivity contribution in [3.63, 3.8) is 0 Å². The molecule has 0 aliphatic heterocycles. The van der Waals surface area contributed by atoms with E-state index in [0.717, 1.165) is 10.0 Å². The molecule has 1 heterocycles. The van der Waals surface area contributed by atoms with Crippen LogP contribution in [0.5, 0.6) is 6.01 Å². The Labute approximate surface area is 135 Å². The van der Waals surface area contributed by atoms with Crippen LogP contribution in [-0.4, -0.2) is 21.1 Å². The number of aromatic nitrogens is 3. The largest absolute Gasteiger partial charge is 0.461 e. The van der Waals surface area contributed by atoms with Gasteiger partial charge in [-0.1, -0.05) is 15.9 Å². The van der Waals surface area contributed by atoms with Crippen molar-refractivity contribution >= 4 is 33.5 Å². The van der Waals surface area contributed by atoms with E-state index in [1.807, 2.05) is 13.8 Å². The minimum absolute atomic E-state index is 0.0291. The molecule has 1 aromatic heterocycles. The summed E-state index contributed by atoms with van der Waals surface area (Å²) < 4.78 is 19.4. The standard InChI is InChI=1S/C13H13BrClFN4O/c1-7(2)21-13-19-11(15)18-12(20-13)17-6-8-5-9(16)3-4-10(8)14/h3-5,7H,6H2,1-2H3,(H,17,18,19,20). The molecule has 112 valence electrons. The van der Waals surface area contributed by atoms with Gasteiger partial charge in [0.2, 0.25) is 11.2 Å². The van der Waals surface area contributed by atoms with Crippen LogP contribution in [0.1, 0.15) is 19.4 Å². The fourth-order valence-electron chi connectivity index (χ4n) is 1.53. The lowest BCUT2D eigenvalue weighted by Gasteiger charge is -2.10. The average molecular weight is 376 g/mol. The number of hydrogen-bond donors (Lipinski definition) is 1. The molecule has 0 fully saturated rings. The molecule has 0 unspecified atom stereocenters. The molecule has 2 aromatic rings. The van der Waals surface area contributed by atoms with E-state index >= 15 is 0 Å². The molecule has 5 nitrogen and oxygen atoms in total. The SMILES string of the molecule is CC(C)Oc1nc(Cl)nc(NCc2cc(F)ccc2Br)n1. The Morgan fingerprint density at radius 3 is 2.81 bits per heavy atom. The van der Waals surface area contributed by atoms with Crippen LogP contribution in [0.2, 0.25) is 5.28 Å². The predicted octanol–water partition coefficient (Wildman–Crippen LogP) is 3.83. The van der Waals surface area contributed by atoms with E-state index < -0.39 is 0 Å². The average Bonchev–Trinajstić information content (AvgIpc) is 2.38.